The fourth-order valence-electron chi connectivity index (χ4n) is 9.09. The number of benzene rings is 3. The van der Waals surface area contributed by atoms with Crippen LogP contribution in [0.15, 0.2) is 78.4 Å². The van der Waals surface area contributed by atoms with Gasteiger partial charge in [-0.3, -0.25) is 19.2 Å². The summed E-state index contributed by atoms with van der Waals surface area (Å²) < 4.78 is 18.7. The predicted molar refractivity (Wildman–Crippen MR) is 290 cm³/mol. The number of para-hydroxylation sites is 1. The fourth-order valence-corrected chi connectivity index (χ4v) is 11.2. The Kier molecular flexibility index (Phi) is 18.2. The molecule has 2 fully saturated rings. The number of halogens is 1. The Morgan fingerprint density at radius 2 is 1.63 bits per heavy atom. The Balaban J connectivity index is 0.818. The highest BCUT2D eigenvalue weighted by Gasteiger charge is 2.44. The lowest BCUT2D eigenvalue weighted by molar-refractivity contribution is -0.144. The molecule has 3 unspecified atom stereocenters. The van der Waals surface area contributed by atoms with Crippen LogP contribution in [0.2, 0.25) is 5.02 Å². The Bertz CT molecular complexity index is 2790. The maximum absolute atomic E-state index is 14.1. The number of hydrogen-bond donors (Lipinski definition) is 5. The molecule has 0 radical (unpaired) electrons. The molecular weight excluding hydrogens is 987 g/mol. The van der Waals surface area contributed by atoms with Gasteiger partial charge in [0.1, 0.15) is 30.0 Å². The fraction of sp³-hybridized carbons (Fsp3) is 0.453. The lowest BCUT2D eigenvalue weighted by atomic mass is 9.85. The van der Waals surface area contributed by atoms with Gasteiger partial charge < -0.3 is 50.4 Å². The number of ether oxygens (including phenoxy) is 1. The van der Waals surface area contributed by atoms with E-state index in [1.54, 1.807) is 31.8 Å². The number of aliphatic hydroxyl groups is 1. The molecule has 390 valence electrons. The van der Waals surface area contributed by atoms with Crippen LogP contribution in [0.5, 0.6) is 5.75 Å². The van der Waals surface area contributed by atoms with Gasteiger partial charge in [0.25, 0.3) is 0 Å². The number of methoxy groups -OCH3 is 1. The van der Waals surface area contributed by atoms with Gasteiger partial charge in [-0.15, -0.1) is 11.3 Å². The molecule has 0 aliphatic carbocycles. The smallest absolute Gasteiger partial charge is 0.246 e. The molecule has 20 heteroatoms. The van der Waals surface area contributed by atoms with Gasteiger partial charge in [0.2, 0.25) is 29.6 Å². The van der Waals surface area contributed by atoms with E-state index >= 15 is 0 Å². The lowest BCUT2D eigenvalue weighted by Gasteiger charge is -2.36. The van der Waals surface area contributed by atoms with Gasteiger partial charge in [0, 0.05) is 75.6 Å². The van der Waals surface area contributed by atoms with E-state index < -0.39 is 36.7 Å². The van der Waals surface area contributed by atoms with Gasteiger partial charge in [-0.05, 0) is 73.9 Å². The Morgan fingerprint density at radius 1 is 0.918 bits per heavy atom. The van der Waals surface area contributed by atoms with Gasteiger partial charge in [0.05, 0.1) is 46.9 Å². The van der Waals surface area contributed by atoms with Crippen LogP contribution in [0, 0.1) is 12.3 Å². The van der Waals surface area contributed by atoms with Gasteiger partial charge in [-0.1, -0.05) is 81.6 Å². The first-order chi connectivity index (χ1) is 34.8. The van der Waals surface area contributed by atoms with Crippen LogP contribution in [0.4, 0.5) is 28.8 Å². The molecule has 0 bridgehead atoms. The summed E-state index contributed by atoms with van der Waals surface area (Å²) in [5.41, 5.74) is 6.33. The van der Waals surface area contributed by atoms with Crippen LogP contribution in [-0.4, -0.2) is 125 Å². The summed E-state index contributed by atoms with van der Waals surface area (Å²) in [5.74, 6) is 0.337. The van der Waals surface area contributed by atoms with E-state index in [-0.39, 0.29) is 43.7 Å². The Morgan fingerprint density at radius 3 is 2.30 bits per heavy atom. The second-order valence-electron chi connectivity index (χ2n) is 20.1. The number of likely N-dealkylation sites (tertiary alicyclic amines) is 1. The number of piperazine rings is 1. The number of amides is 4. The molecule has 2 aromatic heterocycles. The molecule has 0 saturated carbocycles. The Hall–Kier alpha value is -6.07. The monoisotopic (exact) mass is 1050 g/mol. The number of nitrogens with zero attached hydrogens (tertiary/aromatic N) is 6. The van der Waals surface area contributed by atoms with E-state index in [1.807, 2.05) is 105 Å². The van der Waals surface area contributed by atoms with Crippen molar-refractivity contribution < 1.29 is 33.6 Å². The zero-order valence-corrected chi connectivity index (χ0v) is 45.2. The third kappa shape index (κ3) is 14.4. The molecule has 4 heterocycles. The van der Waals surface area contributed by atoms with Crippen molar-refractivity contribution in [3.8, 4) is 16.2 Å². The molecule has 73 heavy (non-hydrogen) atoms. The number of carbonyl (C=O) groups is 4. The summed E-state index contributed by atoms with van der Waals surface area (Å²) in [4.78, 5) is 74.0. The van der Waals surface area contributed by atoms with Gasteiger partial charge in [-0.25, -0.2) is 9.97 Å². The van der Waals surface area contributed by atoms with Crippen molar-refractivity contribution in [3.63, 3.8) is 0 Å². The van der Waals surface area contributed by atoms with Crippen molar-refractivity contribution in [2.45, 2.75) is 97.4 Å². The van der Waals surface area contributed by atoms with E-state index in [9.17, 15) is 28.8 Å². The summed E-state index contributed by atoms with van der Waals surface area (Å²) in [6, 6.07) is 19.3. The molecule has 0 spiro atoms. The molecule has 5 N–H and O–H groups in total. The molecule has 2 saturated heterocycles. The quantitative estimate of drug-likeness (QED) is 0.0369. The van der Waals surface area contributed by atoms with Gasteiger partial charge >= 0.3 is 0 Å². The summed E-state index contributed by atoms with van der Waals surface area (Å²) in [7, 11) is -0.986. The first kappa shape index (κ1) is 54.7. The van der Waals surface area contributed by atoms with Crippen LogP contribution in [0.3, 0.4) is 0 Å². The number of rotatable bonds is 20. The van der Waals surface area contributed by atoms with Crippen molar-refractivity contribution >= 4 is 87.8 Å². The van der Waals surface area contributed by atoms with E-state index in [1.165, 1.54) is 11.1 Å². The summed E-state index contributed by atoms with van der Waals surface area (Å²) in [6.07, 6.45) is 4.23. The molecule has 7 rings (SSSR count). The van der Waals surface area contributed by atoms with Crippen molar-refractivity contribution in [1.29, 1.82) is 0 Å². The molecule has 4 amide bonds. The first-order valence-corrected chi connectivity index (χ1v) is 28.6. The number of aromatic nitrogens is 3. The number of aliphatic hydroxyl groups excluding tert-OH is 1. The SMILES string of the molecule is COc1cc(N2CCN(C(=O)CCCCCCC(=O)NC(C(=O)N3CC(O)CC3C(=O)NCc3ccc(-c4scnc4C)cc3)C(C)(C)C)CC2)ccc1Nc1ncc(Cl)c(Nc2ccccc2P(C)(C)=O)n1. The second-order valence-corrected chi connectivity index (χ2v) is 24.6. The van der Waals surface area contributed by atoms with E-state index in [0.29, 0.717) is 84.7 Å². The first-order valence-electron chi connectivity index (χ1n) is 24.8. The minimum absolute atomic E-state index is 0.00428. The maximum Gasteiger partial charge on any atom is 0.246 e. The highest BCUT2D eigenvalue weighted by atomic mass is 35.5. The molecular formula is C53H68ClN10O7PS. The second kappa shape index (κ2) is 24.3. The Labute approximate surface area is 437 Å². The van der Waals surface area contributed by atoms with Crippen molar-refractivity contribution in [1.82, 2.24) is 35.4 Å². The van der Waals surface area contributed by atoms with Crippen molar-refractivity contribution in [2.24, 2.45) is 5.41 Å². The average Bonchev–Trinajstić information content (AvgIpc) is 3.99. The molecule has 2 aliphatic rings. The number of hydrogen-bond acceptors (Lipinski definition) is 14. The van der Waals surface area contributed by atoms with E-state index in [0.717, 1.165) is 40.2 Å². The highest BCUT2D eigenvalue weighted by molar-refractivity contribution is 7.70. The molecule has 3 aromatic carbocycles. The summed E-state index contributed by atoms with van der Waals surface area (Å²) in [6.45, 7) is 13.8. The summed E-state index contributed by atoms with van der Waals surface area (Å²) in [5, 5.41) is 24.0. The van der Waals surface area contributed by atoms with Crippen LogP contribution < -0.4 is 36.2 Å². The number of β-amino-alcohol motifs (C(OH)–C–C–N with tert-alkyl or cyclic N) is 1. The number of aryl methyl sites for hydroxylation is 1. The van der Waals surface area contributed by atoms with E-state index in [4.69, 9.17) is 16.3 Å². The molecule has 3 atom stereocenters. The standard InChI is InChI=1S/C53H68ClN10O7PS/c1-34-47(73-33-57-34)36-20-18-35(19-21-36)30-55-50(68)42-29-38(65)32-64(42)51(69)48(53(2,3)4)60-45(66)16-10-8-9-11-17-46(67)63-26-24-62(25-27-63)37-22-23-40(43(28-37)71-5)59-52-56-31-39(54)49(61-52)58-41-14-12-13-15-44(41)72(6,7)70/h12-15,18-23,28,31,33,38,42,48,65H,8-11,16-17,24-27,29-30,32H2,1-7H3,(H,55,68)(H,60,66)(H2,56,58,59,61). The van der Waals surface area contributed by atoms with Crippen molar-refractivity contribution in [3.05, 3.63) is 94.7 Å². The normalized spacial score (nSPS) is 16.5. The largest absolute Gasteiger partial charge is 0.494 e. The van der Waals surface area contributed by atoms with Crippen LogP contribution in [0.25, 0.3) is 10.4 Å². The molecule has 2 aliphatic heterocycles. The van der Waals surface area contributed by atoms with Gasteiger partial charge in [-0.2, -0.15) is 4.98 Å². The number of thiazole rings is 1. The highest BCUT2D eigenvalue weighted by Crippen LogP contribution is 2.39. The van der Waals surface area contributed by atoms with Crippen molar-refractivity contribution in [2.75, 3.05) is 68.7 Å². The van der Waals surface area contributed by atoms with Crippen LogP contribution in [0.1, 0.15) is 77.0 Å². The minimum atomic E-state index is -2.58. The maximum atomic E-state index is 14.1. The summed E-state index contributed by atoms with van der Waals surface area (Å²) >= 11 is 8.05. The topological polar surface area (TPSA) is 211 Å². The van der Waals surface area contributed by atoms with Crippen LogP contribution in [-0.2, 0) is 30.3 Å². The lowest BCUT2D eigenvalue weighted by Crippen LogP contribution is -2.57. The third-order valence-corrected chi connectivity index (χ3v) is 16.0. The minimum Gasteiger partial charge on any atom is -0.494 e. The number of unbranched alkanes of at least 4 members (excludes halogenated alkanes) is 3. The van der Waals surface area contributed by atoms with Crippen LogP contribution >= 0.6 is 30.1 Å². The number of carbonyl (C=O) groups excluding carboxylic acids is 4. The molecule has 17 nitrogen and oxygen atoms in total. The number of nitrogens with one attached hydrogen (secondary N) is 4. The number of anilines is 5. The molecule has 5 aromatic rings. The predicted octanol–water partition coefficient (Wildman–Crippen LogP) is 8.10. The van der Waals surface area contributed by atoms with E-state index in [2.05, 4.69) is 41.1 Å². The zero-order valence-electron chi connectivity index (χ0n) is 42.7. The average molecular weight is 1060 g/mol. The third-order valence-electron chi connectivity index (χ3n) is 13.2. The van der Waals surface area contributed by atoms with Gasteiger partial charge in [0.15, 0.2) is 5.82 Å². The zero-order chi connectivity index (χ0) is 52.5.